The summed E-state index contributed by atoms with van der Waals surface area (Å²) in [6.45, 7) is 1.64. The van der Waals surface area contributed by atoms with Gasteiger partial charge in [-0.25, -0.2) is 4.39 Å². The number of halogens is 2. The largest absolute Gasteiger partial charge is 0.475 e. The molecule has 0 aliphatic heterocycles. The summed E-state index contributed by atoms with van der Waals surface area (Å²) in [5.74, 6) is 2.36. The second kappa shape index (κ2) is 8.21. The van der Waals surface area contributed by atoms with Crippen molar-refractivity contribution < 1.29 is 13.5 Å². The lowest BCUT2D eigenvalue weighted by Gasteiger charge is -2.36. The third-order valence-corrected chi connectivity index (χ3v) is 6.14. The van der Waals surface area contributed by atoms with Crippen molar-refractivity contribution in [1.82, 2.24) is 0 Å². The zero-order valence-corrected chi connectivity index (χ0v) is 15.1. The number of rotatable bonds is 4. The maximum absolute atomic E-state index is 14.5. The fourth-order valence-corrected chi connectivity index (χ4v) is 4.68. The van der Waals surface area contributed by atoms with E-state index in [1.807, 2.05) is 0 Å². The number of hydrogen-bond donors (Lipinski definition) is 0. The molecule has 25 heavy (non-hydrogen) atoms. The lowest BCUT2D eigenvalue weighted by atomic mass is 9.70. The zero-order chi connectivity index (χ0) is 17.8. The maximum atomic E-state index is 14.5. The van der Waals surface area contributed by atoms with Gasteiger partial charge in [0.1, 0.15) is 0 Å². The molecule has 0 spiro atoms. The molecule has 0 radical (unpaired) electrons. The van der Waals surface area contributed by atoms with Crippen LogP contribution in [0.3, 0.4) is 0 Å². The molecule has 0 saturated heterocycles. The van der Waals surface area contributed by atoms with Gasteiger partial charge in [-0.2, -0.15) is 4.39 Å². The van der Waals surface area contributed by atoms with Gasteiger partial charge in [0.05, 0.1) is 0 Å². The Morgan fingerprint density at radius 2 is 1.60 bits per heavy atom. The molecule has 2 fully saturated rings. The Bertz CT molecular complexity index is 620. The van der Waals surface area contributed by atoms with Crippen molar-refractivity contribution in [2.24, 2.45) is 11.8 Å². The van der Waals surface area contributed by atoms with E-state index < -0.39 is 17.7 Å². The molecule has 1 aromatic carbocycles. The summed E-state index contributed by atoms with van der Waals surface area (Å²) in [4.78, 5) is 0. The molecule has 0 aromatic heterocycles. The van der Waals surface area contributed by atoms with Crippen molar-refractivity contribution in [1.29, 1.82) is 0 Å². The number of terminal acetylenes is 1. The lowest BCUT2D eigenvalue weighted by Crippen LogP contribution is -2.23. The van der Waals surface area contributed by atoms with Crippen LogP contribution < -0.4 is 4.74 Å². The average Bonchev–Trinajstić information content (AvgIpc) is 2.66. The van der Waals surface area contributed by atoms with Crippen molar-refractivity contribution in [2.75, 3.05) is 0 Å². The van der Waals surface area contributed by atoms with E-state index in [1.165, 1.54) is 38.2 Å². The summed E-state index contributed by atoms with van der Waals surface area (Å²) in [5.41, 5.74) is 0.500. The first-order valence-electron chi connectivity index (χ1n) is 9.70. The van der Waals surface area contributed by atoms with Crippen LogP contribution in [0.2, 0.25) is 0 Å². The normalized spacial score (nSPS) is 26.0. The summed E-state index contributed by atoms with van der Waals surface area (Å²) >= 11 is 0. The number of hydrogen-bond acceptors (Lipinski definition) is 1. The highest BCUT2D eigenvalue weighted by Gasteiger charge is 2.31. The van der Waals surface area contributed by atoms with Crippen molar-refractivity contribution in [3.05, 3.63) is 29.3 Å². The summed E-state index contributed by atoms with van der Waals surface area (Å²) < 4.78 is 34.1. The quantitative estimate of drug-likeness (QED) is 0.588. The minimum atomic E-state index is -0.908. The number of benzene rings is 1. The van der Waals surface area contributed by atoms with Gasteiger partial charge in [0, 0.05) is 0 Å². The molecule has 0 bridgehead atoms. The van der Waals surface area contributed by atoms with Crippen LogP contribution >= 0.6 is 0 Å². The van der Waals surface area contributed by atoms with Gasteiger partial charge in [0.2, 0.25) is 5.82 Å². The Morgan fingerprint density at radius 3 is 2.24 bits per heavy atom. The third-order valence-electron chi connectivity index (χ3n) is 6.14. The Kier molecular flexibility index (Phi) is 5.99. The van der Waals surface area contributed by atoms with Crippen molar-refractivity contribution in [2.45, 2.75) is 76.7 Å². The highest BCUT2D eigenvalue weighted by molar-refractivity contribution is 5.34. The van der Waals surface area contributed by atoms with Crippen LogP contribution in [0, 0.1) is 35.8 Å². The van der Waals surface area contributed by atoms with Gasteiger partial charge < -0.3 is 4.74 Å². The Hall–Kier alpha value is -1.56. The molecule has 1 atom stereocenters. The molecule has 2 aliphatic rings. The Labute approximate surface area is 150 Å². The van der Waals surface area contributed by atoms with Gasteiger partial charge in [-0.15, -0.1) is 6.42 Å². The molecule has 3 rings (SSSR count). The predicted octanol–water partition coefficient (Wildman–Crippen LogP) is 6.22. The number of ether oxygens (including phenoxy) is 1. The Morgan fingerprint density at radius 1 is 0.960 bits per heavy atom. The first kappa shape index (κ1) is 18.2. The van der Waals surface area contributed by atoms with E-state index in [2.05, 4.69) is 5.92 Å². The molecule has 1 unspecified atom stereocenters. The second-order valence-electron chi connectivity index (χ2n) is 7.72. The van der Waals surface area contributed by atoms with Gasteiger partial charge in [0.15, 0.2) is 17.7 Å². The fraction of sp³-hybridized carbons (Fsp3) is 0.636. The van der Waals surface area contributed by atoms with E-state index >= 15 is 0 Å². The highest BCUT2D eigenvalue weighted by atomic mass is 19.2. The van der Waals surface area contributed by atoms with Gasteiger partial charge in [-0.05, 0) is 62.0 Å². The summed E-state index contributed by atoms with van der Waals surface area (Å²) in [6.07, 6.45) is 15.7. The topological polar surface area (TPSA) is 9.23 Å². The molecule has 3 heteroatoms. The molecule has 2 saturated carbocycles. The van der Waals surface area contributed by atoms with Crippen LogP contribution in [-0.2, 0) is 0 Å². The van der Waals surface area contributed by atoms with Crippen LogP contribution in [0.25, 0.3) is 0 Å². The molecule has 0 heterocycles. The maximum Gasteiger partial charge on any atom is 0.200 e. The minimum absolute atomic E-state index is 0.0948. The molecular formula is C22H28F2O. The van der Waals surface area contributed by atoms with Crippen LogP contribution in [0.1, 0.15) is 76.2 Å². The molecule has 0 N–H and O–H groups in total. The second-order valence-corrected chi connectivity index (χ2v) is 7.72. The molecule has 1 nitrogen and oxygen atoms in total. The van der Waals surface area contributed by atoms with E-state index in [0.717, 1.165) is 37.5 Å². The van der Waals surface area contributed by atoms with E-state index in [0.29, 0.717) is 5.56 Å². The summed E-state index contributed by atoms with van der Waals surface area (Å²) in [5, 5.41) is 0. The van der Waals surface area contributed by atoms with Crippen LogP contribution in [0.15, 0.2) is 12.1 Å². The smallest absolute Gasteiger partial charge is 0.200 e. The summed E-state index contributed by atoms with van der Waals surface area (Å²) in [7, 11) is 0. The van der Waals surface area contributed by atoms with E-state index in [1.54, 1.807) is 13.0 Å². The van der Waals surface area contributed by atoms with Crippen LogP contribution in [-0.4, -0.2) is 6.10 Å². The highest BCUT2D eigenvalue weighted by Crippen LogP contribution is 2.44. The van der Waals surface area contributed by atoms with Crippen LogP contribution in [0.5, 0.6) is 5.75 Å². The van der Waals surface area contributed by atoms with E-state index in [9.17, 15) is 8.78 Å². The minimum Gasteiger partial charge on any atom is -0.475 e. The van der Waals surface area contributed by atoms with Crippen molar-refractivity contribution in [3.63, 3.8) is 0 Å². The monoisotopic (exact) mass is 346 g/mol. The van der Waals surface area contributed by atoms with Gasteiger partial charge in [-0.3, -0.25) is 0 Å². The van der Waals surface area contributed by atoms with Crippen molar-refractivity contribution in [3.8, 4) is 18.1 Å². The SMILES string of the molecule is C#CC(C)Oc1ccc(C2CCC(C3CCCCC3)CC2)c(F)c1F. The van der Waals surface area contributed by atoms with E-state index in [4.69, 9.17) is 11.2 Å². The zero-order valence-electron chi connectivity index (χ0n) is 15.1. The average molecular weight is 346 g/mol. The Balaban J connectivity index is 1.65. The molecule has 1 aromatic rings. The first-order valence-corrected chi connectivity index (χ1v) is 9.70. The molecule has 136 valence electrons. The lowest BCUT2D eigenvalue weighted by molar-refractivity contribution is 0.184. The predicted molar refractivity (Wildman–Crippen MR) is 96.6 cm³/mol. The summed E-state index contributed by atoms with van der Waals surface area (Å²) in [6, 6.07) is 3.21. The van der Waals surface area contributed by atoms with E-state index in [-0.39, 0.29) is 11.7 Å². The van der Waals surface area contributed by atoms with Gasteiger partial charge >= 0.3 is 0 Å². The molecule has 0 amide bonds. The van der Waals surface area contributed by atoms with Gasteiger partial charge in [0.25, 0.3) is 0 Å². The third kappa shape index (κ3) is 4.17. The molecular weight excluding hydrogens is 318 g/mol. The van der Waals surface area contributed by atoms with Crippen LogP contribution in [0.4, 0.5) is 8.78 Å². The first-order chi connectivity index (χ1) is 12.1. The van der Waals surface area contributed by atoms with Gasteiger partial charge in [-0.1, -0.05) is 44.1 Å². The standard InChI is InChI=1S/C22H28F2O/c1-3-15(2)25-20-14-13-19(21(23)22(20)24)18-11-9-17(10-12-18)16-7-5-4-6-8-16/h1,13-18H,4-12H2,2H3. The molecule has 2 aliphatic carbocycles. The van der Waals surface area contributed by atoms with Crippen molar-refractivity contribution >= 4 is 0 Å². The fourth-order valence-electron chi connectivity index (χ4n) is 4.68.